The first-order chi connectivity index (χ1) is 17.4. The van der Waals surface area contributed by atoms with Crippen LogP contribution in [-0.4, -0.2) is 44.2 Å². The number of rotatable bonds is 6. The quantitative estimate of drug-likeness (QED) is 0.314. The Hall–Kier alpha value is -4.73. The van der Waals surface area contributed by atoms with E-state index in [0.717, 1.165) is 0 Å². The molecule has 2 heterocycles. The minimum Gasteiger partial charge on any atom is -0.461 e. The highest BCUT2D eigenvalue weighted by Gasteiger charge is 2.42. The number of aromatic nitrogens is 4. The standard InChI is InChI=1S/C26H23N5O5/c1-15-18(13-35-24(33)16-8-4-2-5-9-16)20(36-25(34)17-10-6-3-7-11-17)12-19(15)31-14-28-21-22(31)29-26(27)30-23(21)32/h2-11,14,18-20H,1,12-13H2,(H3,27,29,30,32)/t18-,19-,20-/m0/s1. The van der Waals surface area contributed by atoms with Gasteiger partial charge in [-0.2, -0.15) is 4.98 Å². The molecule has 0 bridgehead atoms. The Morgan fingerprint density at radius 2 is 1.69 bits per heavy atom. The van der Waals surface area contributed by atoms with Crippen molar-refractivity contribution in [3.63, 3.8) is 0 Å². The fraction of sp³-hybridized carbons (Fsp3) is 0.192. The van der Waals surface area contributed by atoms with Crippen molar-refractivity contribution < 1.29 is 19.1 Å². The number of benzene rings is 2. The first-order valence-electron chi connectivity index (χ1n) is 11.3. The average Bonchev–Trinajstić information content (AvgIpc) is 3.44. The summed E-state index contributed by atoms with van der Waals surface area (Å²) in [7, 11) is 0. The van der Waals surface area contributed by atoms with E-state index in [9.17, 15) is 14.4 Å². The number of carbonyl (C=O) groups excluding carboxylic acids is 2. The number of esters is 2. The molecule has 1 aliphatic carbocycles. The molecule has 10 heteroatoms. The van der Waals surface area contributed by atoms with Crippen LogP contribution in [0.2, 0.25) is 0 Å². The van der Waals surface area contributed by atoms with E-state index in [-0.39, 0.29) is 23.7 Å². The zero-order chi connectivity index (χ0) is 25.2. The van der Waals surface area contributed by atoms with E-state index < -0.39 is 35.6 Å². The Bertz CT molecular complexity index is 1500. The Morgan fingerprint density at radius 1 is 1.06 bits per heavy atom. The SMILES string of the molecule is C=C1[C@H](COC(=O)c2ccccc2)[C@@H](OC(=O)c2ccccc2)C[C@@H]1n1cnc2c(=O)[nH]c(N)nc21. The summed E-state index contributed by atoms with van der Waals surface area (Å²) < 4.78 is 13.1. The highest BCUT2D eigenvalue weighted by Crippen LogP contribution is 2.42. The summed E-state index contributed by atoms with van der Waals surface area (Å²) in [6, 6.07) is 16.8. The van der Waals surface area contributed by atoms with Gasteiger partial charge < -0.3 is 19.8 Å². The van der Waals surface area contributed by atoms with Crippen LogP contribution in [0.3, 0.4) is 0 Å². The first kappa shape index (κ1) is 23.0. The number of hydrogen-bond acceptors (Lipinski definition) is 8. The average molecular weight is 486 g/mol. The lowest BCUT2D eigenvalue weighted by Crippen LogP contribution is -2.27. The van der Waals surface area contributed by atoms with Crippen molar-refractivity contribution >= 4 is 29.1 Å². The number of nitrogens with zero attached hydrogens (tertiary/aromatic N) is 3. The van der Waals surface area contributed by atoms with Crippen molar-refractivity contribution in [3.05, 3.63) is 101 Å². The smallest absolute Gasteiger partial charge is 0.338 e. The molecular weight excluding hydrogens is 462 g/mol. The number of nitrogens with two attached hydrogens (primary N) is 1. The van der Waals surface area contributed by atoms with Crippen LogP contribution in [0, 0.1) is 5.92 Å². The maximum atomic E-state index is 12.9. The normalized spacial score (nSPS) is 19.3. The maximum absolute atomic E-state index is 12.9. The molecule has 0 unspecified atom stereocenters. The number of aromatic amines is 1. The highest BCUT2D eigenvalue weighted by molar-refractivity contribution is 5.90. The second kappa shape index (κ2) is 9.49. The summed E-state index contributed by atoms with van der Waals surface area (Å²) in [5.74, 6) is -1.53. The Kier molecular flexibility index (Phi) is 6.07. The van der Waals surface area contributed by atoms with Crippen molar-refractivity contribution in [1.29, 1.82) is 0 Å². The van der Waals surface area contributed by atoms with Gasteiger partial charge in [-0.25, -0.2) is 14.6 Å². The number of imidazole rings is 1. The zero-order valence-corrected chi connectivity index (χ0v) is 19.2. The van der Waals surface area contributed by atoms with Crippen LogP contribution < -0.4 is 11.3 Å². The number of ether oxygens (including phenoxy) is 2. The molecule has 0 saturated heterocycles. The monoisotopic (exact) mass is 485 g/mol. The number of fused-ring (bicyclic) bond motifs is 1. The van der Waals surface area contributed by atoms with Gasteiger partial charge in [-0.3, -0.25) is 9.78 Å². The van der Waals surface area contributed by atoms with E-state index in [1.807, 2.05) is 0 Å². The van der Waals surface area contributed by atoms with Crippen molar-refractivity contribution in [3.8, 4) is 0 Å². The van der Waals surface area contributed by atoms with Crippen molar-refractivity contribution in [2.75, 3.05) is 12.3 Å². The van der Waals surface area contributed by atoms with Crippen LogP contribution in [-0.2, 0) is 9.47 Å². The third-order valence-corrected chi connectivity index (χ3v) is 6.27. The third-order valence-electron chi connectivity index (χ3n) is 6.27. The summed E-state index contributed by atoms with van der Waals surface area (Å²) in [6.07, 6.45) is 1.16. The van der Waals surface area contributed by atoms with E-state index in [1.165, 1.54) is 6.33 Å². The van der Waals surface area contributed by atoms with E-state index in [4.69, 9.17) is 15.2 Å². The van der Waals surface area contributed by atoms with Crippen LogP contribution in [0.25, 0.3) is 11.2 Å². The summed E-state index contributed by atoms with van der Waals surface area (Å²) in [4.78, 5) is 48.5. The maximum Gasteiger partial charge on any atom is 0.338 e. The van der Waals surface area contributed by atoms with Crippen LogP contribution in [0.4, 0.5) is 5.95 Å². The van der Waals surface area contributed by atoms with Gasteiger partial charge in [0.25, 0.3) is 5.56 Å². The minimum atomic E-state index is -0.643. The molecule has 0 spiro atoms. The molecular formula is C26H23N5O5. The third kappa shape index (κ3) is 4.36. The molecule has 3 atom stereocenters. The lowest BCUT2D eigenvalue weighted by molar-refractivity contribution is 0.00851. The van der Waals surface area contributed by atoms with Gasteiger partial charge in [0.2, 0.25) is 5.95 Å². The van der Waals surface area contributed by atoms with Gasteiger partial charge in [-0.15, -0.1) is 0 Å². The van der Waals surface area contributed by atoms with Gasteiger partial charge in [-0.1, -0.05) is 43.0 Å². The predicted octanol–water partition coefficient (Wildman–Crippen LogP) is 2.90. The number of hydrogen-bond donors (Lipinski definition) is 2. The number of carbonyl (C=O) groups is 2. The summed E-state index contributed by atoms with van der Waals surface area (Å²) >= 11 is 0. The molecule has 3 N–H and O–H groups in total. The molecule has 10 nitrogen and oxygen atoms in total. The second-order valence-corrected chi connectivity index (χ2v) is 8.48. The van der Waals surface area contributed by atoms with E-state index in [2.05, 4.69) is 21.5 Å². The minimum absolute atomic E-state index is 0.0431. The van der Waals surface area contributed by atoms with Crippen molar-refractivity contribution in [1.82, 2.24) is 19.5 Å². The lowest BCUT2D eigenvalue weighted by atomic mass is 10.0. The molecule has 0 amide bonds. The van der Waals surface area contributed by atoms with Crippen LogP contribution in [0.15, 0.2) is 83.9 Å². The van der Waals surface area contributed by atoms with Gasteiger partial charge in [0, 0.05) is 6.42 Å². The Labute approximate surface area is 205 Å². The Morgan fingerprint density at radius 3 is 2.36 bits per heavy atom. The number of H-pyrrole nitrogens is 1. The largest absolute Gasteiger partial charge is 0.461 e. The molecule has 1 aliphatic rings. The first-order valence-corrected chi connectivity index (χ1v) is 11.3. The van der Waals surface area contributed by atoms with Crippen molar-refractivity contribution in [2.24, 2.45) is 5.92 Å². The fourth-order valence-corrected chi connectivity index (χ4v) is 4.43. The van der Waals surface area contributed by atoms with Gasteiger partial charge >= 0.3 is 11.9 Å². The topological polar surface area (TPSA) is 142 Å². The molecule has 2 aromatic carbocycles. The van der Waals surface area contributed by atoms with Gasteiger partial charge in [0.15, 0.2) is 11.2 Å². The predicted molar refractivity (Wildman–Crippen MR) is 131 cm³/mol. The molecule has 1 saturated carbocycles. The number of nitrogens with one attached hydrogen (secondary N) is 1. The van der Waals surface area contributed by atoms with E-state index >= 15 is 0 Å². The van der Waals surface area contributed by atoms with Gasteiger partial charge in [-0.05, 0) is 29.8 Å². The fourth-order valence-electron chi connectivity index (χ4n) is 4.43. The molecule has 4 aromatic rings. The van der Waals surface area contributed by atoms with E-state index in [0.29, 0.717) is 23.1 Å². The molecule has 0 radical (unpaired) electrons. The molecule has 182 valence electrons. The molecule has 36 heavy (non-hydrogen) atoms. The second-order valence-electron chi connectivity index (χ2n) is 8.48. The van der Waals surface area contributed by atoms with Crippen molar-refractivity contribution in [2.45, 2.75) is 18.6 Å². The molecule has 5 rings (SSSR count). The van der Waals surface area contributed by atoms with Gasteiger partial charge in [0.1, 0.15) is 12.7 Å². The molecule has 0 aliphatic heterocycles. The molecule has 1 fully saturated rings. The number of anilines is 1. The number of nitrogen functional groups attached to an aromatic ring is 1. The van der Waals surface area contributed by atoms with E-state index in [1.54, 1.807) is 65.2 Å². The summed E-state index contributed by atoms with van der Waals surface area (Å²) in [6.45, 7) is 4.19. The van der Waals surface area contributed by atoms with Crippen LogP contribution >= 0.6 is 0 Å². The van der Waals surface area contributed by atoms with Crippen LogP contribution in [0.5, 0.6) is 0 Å². The van der Waals surface area contributed by atoms with Crippen LogP contribution in [0.1, 0.15) is 33.2 Å². The lowest BCUT2D eigenvalue weighted by Gasteiger charge is -2.20. The molecule has 2 aromatic heterocycles. The summed E-state index contributed by atoms with van der Waals surface area (Å²) in [5, 5.41) is 0. The zero-order valence-electron chi connectivity index (χ0n) is 19.2. The summed E-state index contributed by atoms with van der Waals surface area (Å²) in [5.41, 5.74) is 7.18. The van der Waals surface area contributed by atoms with Gasteiger partial charge in [0.05, 0.1) is 29.4 Å². The highest BCUT2D eigenvalue weighted by atomic mass is 16.6. The Balaban J connectivity index is 1.43.